The molecule has 1 aliphatic heterocycles. The number of carbonyl (C=O) groups excluding carboxylic acids is 1. The zero-order valence-electron chi connectivity index (χ0n) is 15.1. The van der Waals surface area contributed by atoms with Crippen LogP contribution in [0.3, 0.4) is 0 Å². The number of aliphatic carboxylic acids is 1. The Kier molecular flexibility index (Phi) is 7.51. The van der Waals surface area contributed by atoms with Crippen molar-refractivity contribution < 1.29 is 39.9 Å². The summed E-state index contributed by atoms with van der Waals surface area (Å²) in [5.41, 5.74) is 1.13. The maximum absolute atomic E-state index is 11.3. The molecule has 0 aliphatic carbocycles. The first-order chi connectivity index (χ1) is 13.2. The molecule has 1 aromatic rings. The van der Waals surface area contributed by atoms with Crippen LogP contribution in [0.15, 0.2) is 24.3 Å². The summed E-state index contributed by atoms with van der Waals surface area (Å²) in [5, 5.41) is 50.3. The van der Waals surface area contributed by atoms with E-state index in [4.69, 9.17) is 4.74 Å². The van der Waals surface area contributed by atoms with Crippen LogP contribution in [0.5, 0.6) is 0 Å². The number of hydrogen-bond acceptors (Lipinski definition) is 7. The van der Waals surface area contributed by atoms with E-state index in [-0.39, 0.29) is 6.42 Å². The van der Waals surface area contributed by atoms with Gasteiger partial charge in [-0.15, -0.1) is 0 Å². The van der Waals surface area contributed by atoms with Gasteiger partial charge in [-0.2, -0.15) is 0 Å². The summed E-state index contributed by atoms with van der Waals surface area (Å²) in [7, 11) is 0. The van der Waals surface area contributed by atoms with Crippen LogP contribution in [0.4, 0.5) is 0 Å². The van der Waals surface area contributed by atoms with Gasteiger partial charge in [0.1, 0.15) is 36.6 Å². The Hall–Kier alpha value is -2.48. The molecule has 9 heteroatoms. The maximum atomic E-state index is 11.3. The lowest BCUT2D eigenvalue weighted by atomic mass is 9.95. The van der Waals surface area contributed by atoms with Crippen molar-refractivity contribution in [3.8, 4) is 11.8 Å². The van der Waals surface area contributed by atoms with E-state index in [1.54, 1.807) is 24.3 Å². The highest BCUT2D eigenvalue weighted by Crippen LogP contribution is 2.20. The molecular weight excluding hydrogens is 370 g/mol. The van der Waals surface area contributed by atoms with Gasteiger partial charge in [0.05, 0.1) is 6.61 Å². The third-order valence-electron chi connectivity index (χ3n) is 4.29. The first-order valence-electron chi connectivity index (χ1n) is 8.63. The molecule has 0 spiro atoms. The number of carbonyl (C=O) groups is 2. The predicted octanol–water partition coefficient (Wildman–Crippen LogP) is -1.99. The molecule has 1 aliphatic rings. The molecule has 0 saturated carbocycles. The van der Waals surface area contributed by atoms with E-state index in [9.17, 15) is 35.1 Å². The van der Waals surface area contributed by atoms with E-state index >= 15 is 0 Å². The Morgan fingerprint density at radius 2 is 1.93 bits per heavy atom. The highest BCUT2D eigenvalue weighted by molar-refractivity contribution is 5.82. The van der Waals surface area contributed by atoms with E-state index in [1.807, 2.05) is 0 Å². The number of amides is 1. The first-order valence-corrected chi connectivity index (χ1v) is 8.63. The number of hydrogen-bond donors (Lipinski definition) is 6. The third kappa shape index (κ3) is 5.51. The van der Waals surface area contributed by atoms with E-state index in [0.29, 0.717) is 11.1 Å². The molecular formula is C19H23NO8. The molecule has 1 aromatic carbocycles. The van der Waals surface area contributed by atoms with Crippen molar-refractivity contribution in [1.29, 1.82) is 0 Å². The second kappa shape index (κ2) is 9.64. The van der Waals surface area contributed by atoms with Gasteiger partial charge in [0, 0.05) is 18.9 Å². The van der Waals surface area contributed by atoms with E-state index in [0.717, 1.165) is 0 Å². The average Bonchev–Trinajstić information content (AvgIpc) is 2.65. The second-order valence-corrected chi connectivity index (χ2v) is 6.51. The standard InChI is InChI=1S/C19H23NO8/c1-10(22)20-13(19(26)27)8-12-4-2-3-11(7-12)5-6-14-16(23)18(25)17(24)15(9-21)28-14/h2-4,7,13-18,21,23-25H,8-9H2,1H3,(H,20,22)(H,26,27)/t13?,14-,15+,16+,17+,18+/m0/s1. The number of carboxylic acids is 1. The largest absolute Gasteiger partial charge is 0.480 e. The van der Waals surface area contributed by atoms with Crippen molar-refractivity contribution in [2.24, 2.45) is 0 Å². The Morgan fingerprint density at radius 1 is 1.21 bits per heavy atom. The summed E-state index contributed by atoms with van der Waals surface area (Å²) < 4.78 is 5.31. The highest BCUT2D eigenvalue weighted by Gasteiger charge is 2.42. The summed E-state index contributed by atoms with van der Waals surface area (Å²) in [6.07, 6.45) is -6.52. The summed E-state index contributed by atoms with van der Waals surface area (Å²) in [4.78, 5) is 22.4. The number of carboxylic acid groups (broad SMARTS) is 1. The smallest absolute Gasteiger partial charge is 0.326 e. The van der Waals surface area contributed by atoms with Crippen LogP contribution < -0.4 is 5.32 Å². The number of aliphatic hydroxyl groups is 4. The van der Waals surface area contributed by atoms with Crippen LogP contribution in [0.1, 0.15) is 18.1 Å². The summed E-state index contributed by atoms with van der Waals surface area (Å²) in [6, 6.07) is 5.57. The second-order valence-electron chi connectivity index (χ2n) is 6.51. The fourth-order valence-corrected chi connectivity index (χ4v) is 2.83. The van der Waals surface area contributed by atoms with Crippen molar-refractivity contribution in [2.45, 2.75) is 49.9 Å². The van der Waals surface area contributed by atoms with E-state index in [1.165, 1.54) is 6.92 Å². The third-order valence-corrected chi connectivity index (χ3v) is 4.29. The lowest BCUT2D eigenvalue weighted by Crippen LogP contribution is -2.58. The SMILES string of the molecule is CC(=O)NC(Cc1cccc(C#C[C@@H]2O[C@H](CO)[C@@H](O)[C@H](O)[C@@H]2O)c1)C(=O)O. The topological polar surface area (TPSA) is 157 Å². The lowest BCUT2D eigenvalue weighted by molar-refractivity contribution is -0.214. The molecule has 6 N–H and O–H groups in total. The zero-order valence-corrected chi connectivity index (χ0v) is 15.1. The lowest BCUT2D eigenvalue weighted by Gasteiger charge is -2.37. The van der Waals surface area contributed by atoms with Gasteiger partial charge in [0.15, 0.2) is 0 Å². The summed E-state index contributed by atoms with van der Waals surface area (Å²) >= 11 is 0. The van der Waals surface area contributed by atoms with Gasteiger partial charge in [-0.05, 0) is 17.7 Å². The Morgan fingerprint density at radius 3 is 2.54 bits per heavy atom. The molecule has 1 amide bonds. The number of aliphatic hydroxyl groups excluding tert-OH is 4. The minimum Gasteiger partial charge on any atom is -0.480 e. The van der Waals surface area contributed by atoms with Gasteiger partial charge < -0.3 is 35.6 Å². The molecule has 1 unspecified atom stereocenters. The number of rotatable bonds is 5. The Labute approximate surface area is 161 Å². The van der Waals surface area contributed by atoms with Crippen molar-refractivity contribution >= 4 is 11.9 Å². The minimum absolute atomic E-state index is 0.0600. The van der Waals surface area contributed by atoms with Crippen molar-refractivity contribution in [3.05, 3.63) is 35.4 Å². The van der Waals surface area contributed by atoms with Crippen LogP contribution >= 0.6 is 0 Å². The van der Waals surface area contributed by atoms with Crippen molar-refractivity contribution in [1.82, 2.24) is 5.32 Å². The number of benzene rings is 1. The van der Waals surface area contributed by atoms with Gasteiger partial charge in [0.2, 0.25) is 5.91 Å². The normalized spacial score (nSPS) is 28.0. The first kappa shape index (κ1) is 21.8. The van der Waals surface area contributed by atoms with E-state index < -0.39 is 55.0 Å². The Bertz CT molecular complexity index is 769. The molecule has 2 rings (SSSR count). The zero-order chi connectivity index (χ0) is 20.8. The fourth-order valence-electron chi connectivity index (χ4n) is 2.83. The summed E-state index contributed by atoms with van der Waals surface area (Å²) in [5.74, 6) is 3.80. The van der Waals surface area contributed by atoms with Gasteiger partial charge in [-0.3, -0.25) is 4.79 Å². The van der Waals surface area contributed by atoms with Crippen LogP contribution in [-0.4, -0.2) is 80.6 Å². The predicted molar refractivity (Wildman–Crippen MR) is 96.0 cm³/mol. The monoisotopic (exact) mass is 393 g/mol. The minimum atomic E-state index is -1.51. The molecule has 1 fully saturated rings. The van der Waals surface area contributed by atoms with Crippen molar-refractivity contribution in [3.63, 3.8) is 0 Å². The number of nitrogens with one attached hydrogen (secondary N) is 1. The van der Waals surface area contributed by atoms with E-state index in [2.05, 4.69) is 17.2 Å². The van der Waals surface area contributed by atoms with Gasteiger partial charge >= 0.3 is 5.97 Å². The molecule has 1 heterocycles. The molecule has 9 nitrogen and oxygen atoms in total. The van der Waals surface area contributed by atoms with Crippen LogP contribution in [0.25, 0.3) is 0 Å². The summed E-state index contributed by atoms with van der Waals surface area (Å²) in [6.45, 7) is 0.691. The van der Waals surface area contributed by atoms with Gasteiger partial charge in [0.25, 0.3) is 0 Å². The van der Waals surface area contributed by atoms with Gasteiger partial charge in [-0.1, -0.05) is 24.0 Å². The van der Waals surface area contributed by atoms with Crippen LogP contribution in [-0.2, 0) is 20.7 Å². The molecule has 0 radical (unpaired) electrons. The molecule has 0 bridgehead atoms. The average molecular weight is 393 g/mol. The molecule has 6 atom stereocenters. The van der Waals surface area contributed by atoms with Crippen molar-refractivity contribution in [2.75, 3.05) is 6.61 Å². The molecule has 28 heavy (non-hydrogen) atoms. The Balaban J connectivity index is 2.15. The molecule has 0 aromatic heterocycles. The highest BCUT2D eigenvalue weighted by atomic mass is 16.5. The maximum Gasteiger partial charge on any atom is 0.326 e. The molecule has 1 saturated heterocycles. The molecule has 152 valence electrons. The quantitative estimate of drug-likeness (QED) is 0.314. The van der Waals surface area contributed by atoms with Crippen LogP contribution in [0.2, 0.25) is 0 Å². The fraction of sp³-hybridized carbons (Fsp3) is 0.474. The number of ether oxygens (including phenoxy) is 1. The van der Waals surface area contributed by atoms with Gasteiger partial charge in [-0.25, -0.2) is 4.79 Å². The van der Waals surface area contributed by atoms with Crippen LogP contribution in [0, 0.1) is 11.8 Å².